The van der Waals surface area contributed by atoms with Gasteiger partial charge in [0.2, 0.25) is 5.91 Å². The Morgan fingerprint density at radius 2 is 1.91 bits per heavy atom. The van der Waals surface area contributed by atoms with Crippen LogP contribution in [0.3, 0.4) is 0 Å². The van der Waals surface area contributed by atoms with Gasteiger partial charge in [-0.2, -0.15) is 0 Å². The molecule has 0 spiro atoms. The molecule has 1 amide bonds. The summed E-state index contributed by atoms with van der Waals surface area (Å²) >= 11 is 2.87. The Morgan fingerprint density at radius 3 is 2.68 bits per heavy atom. The molecule has 4 aromatic rings. The number of carbonyl (C=O) groups is 2. The molecule has 174 valence electrons. The van der Waals surface area contributed by atoms with Gasteiger partial charge in [0.15, 0.2) is 21.9 Å². The Hall–Kier alpha value is -3.50. The molecule has 0 radical (unpaired) electrons. The third kappa shape index (κ3) is 5.89. The highest BCUT2D eigenvalue weighted by Gasteiger charge is 2.14. The molecule has 0 unspecified atom stereocenters. The van der Waals surface area contributed by atoms with E-state index in [0.717, 1.165) is 22.2 Å². The molecule has 0 aliphatic carbocycles. The number of benzene rings is 2. The van der Waals surface area contributed by atoms with Gasteiger partial charge in [-0.3, -0.25) is 9.59 Å². The van der Waals surface area contributed by atoms with Crippen molar-refractivity contribution >= 4 is 45.6 Å². The first-order valence-electron chi connectivity index (χ1n) is 10.7. The lowest BCUT2D eigenvalue weighted by molar-refractivity contribution is -0.113. The fraction of sp³-hybridized carbons (Fsp3) is 0.208. The summed E-state index contributed by atoms with van der Waals surface area (Å²) in [6.07, 6.45) is 0. The third-order valence-corrected chi connectivity index (χ3v) is 6.73. The van der Waals surface area contributed by atoms with Crippen LogP contribution in [0, 0.1) is 0 Å². The second-order valence-electron chi connectivity index (χ2n) is 7.37. The second kappa shape index (κ2) is 11.1. The van der Waals surface area contributed by atoms with E-state index in [1.807, 2.05) is 47.2 Å². The number of thioether (sulfide) groups is 1. The number of amides is 1. The van der Waals surface area contributed by atoms with Crippen molar-refractivity contribution in [2.45, 2.75) is 32.1 Å². The Bertz CT molecular complexity index is 1290. The summed E-state index contributed by atoms with van der Waals surface area (Å²) in [5.41, 5.74) is 3.16. The van der Waals surface area contributed by atoms with Gasteiger partial charge >= 0.3 is 0 Å². The van der Waals surface area contributed by atoms with Gasteiger partial charge < -0.3 is 15.2 Å². The molecule has 8 nitrogen and oxygen atoms in total. The van der Waals surface area contributed by atoms with E-state index in [1.165, 1.54) is 18.7 Å². The predicted molar refractivity (Wildman–Crippen MR) is 136 cm³/mol. The first-order chi connectivity index (χ1) is 16.5. The minimum Gasteiger partial charge on any atom is -0.354 e. The first-order valence-corrected chi connectivity index (χ1v) is 12.6. The number of rotatable bonds is 10. The lowest BCUT2D eigenvalue weighted by Crippen LogP contribution is -2.15. The number of carbonyl (C=O) groups excluding carboxylic acids is 2. The summed E-state index contributed by atoms with van der Waals surface area (Å²) in [4.78, 5) is 28.6. The minimum atomic E-state index is -0.174. The zero-order valence-corrected chi connectivity index (χ0v) is 20.4. The van der Waals surface area contributed by atoms with Crippen LogP contribution in [0.15, 0.2) is 65.1 Å². The Morgan fingerprint density at radius 1 is 1.09 bits per heavy atom. The van der Waals surface area contributed by atoms with Gasteiger partial charge in [0, 0.05) is 28.7 Å². The molecule has 0 aliphatic heterocycles. The van der Waals surface area contributed by atoms with Crippen molar-refractivity contribution in [3.63, 3.8) is 0 Å². The molecule has 2 heterocycles. The maximum absolute atomic E-state index is 12.4. The van der Waals surface area contributed by atoms with Crippen molar-refractivity contribution in [3.8, 4) is 11.3 Å². The van der Waals surface area contributed by atoms with Gasteiger partial charge in [0.25, 0.3) is 0 Å². The highest BCUT2D eigenvalue weighted by atomic mass is 32.2. The van der Waals surface area contributed by atoms with E-state index >= 15 is 0 Å². The number of hydrogen-bond donors (Lipinski definition) is 2. The molecule has 0 bridgehead atoms. The number of thiazole rings is 1. The van der Waals surface area contributed by atoms with E-state index in [-0.39, 0.29) is 17.4 Å². The van der Waals surface area contributed by atoms with E-state index in [0.29, 0.717) is 29.5 Å². The largest absolute Gasteiger partial charge is 0.354 e. The molecule has 0 saturated heterocycles. The number of nitrogens with zero attached hydrogens (tertiary/aromatic N) is 4. The fourth-order valence-electron chi connectivity index (χ4n) is 3.27. The van der Waals surface area contributed by atoms with Gasteiger partial charge in [0.1, 0.15) is 0 Å². The summed E-state index contributed by atoms with van der Waals surface area (Å²) in [5, 5.41) is 18.2. The van der Waals surface area contributed by atoms with E-state index < -0.39 is 0 Å². The maximum Gasteiger partial charge on any atom is 0.234 e. The SMILES string of the molecule is CCn1c(CNc2nc(-c3ccccc3)cs2)nnc1SCC(=O)Nc1cccc(C(C)=O)c1. The average Bonchev–Trinajstić information content (AvgIpc) is 3.48. The van der Waals surface area contributed by atoms with Crippen LogP contribution in [0.2, 0.25) is 0 Å². The molecular formula is C24H24N6O2S2. The number of nitrogens with one attached hydrogen (secondary N) is 2. The number of ketones is 1. The molecule has 2 N–H and O–H groups in total. The van der Waals surface area contributed by atoms with Crippen LogP contribution in [0.4, 0.5) is 10.8 Å². The van der Waals surface area contributed by atoms with Crippen LogP contribution in [0.5, 0.6) is 0 Å². The molecule has 0 aliphatic rings. The van der Waals surface area contributed by atoms with Crippen LogP contribution < -0.4 is 10.6 Å². The molecule has 2 aromatic heterocycles. The standard InChI is InChI=1S/C24H24N6O2S2/c1-3-30-21(13-25-23-27-20(14-33-23)17-8-5-4-6-9-17)28-29-24(30)34-15-22(32)26-19-11-7-10-18(12-19)16(2)31/h4-12,14H,3,13,15H2,1-2H3,(H,25,27)(H,26,32). The highest BCUT2D eigenvalue weighted by molar-refractivity contribution is 7.99. The first kappa shape index (κ1) is 23.7. The van der Waals surface area contributed by atoms with Crippen molar-refractivity contribution < 1.29 is 9.59 Å². The van der Waals surface area contributed by atoms with Crippen molar-refractivity contribution in [2.75, 3.05) is 16.4 Å². The molecule has 10 heteroatoms. The quantitative estimate of drug-likeness (QED) is 0.238. The van der Waals surface area contributed by atoms with Crippen LogP contribution in [0.25, 0.3) is 11.3 Å². The van der Waals surface area contributed by atoms with Crippen LogP contribution in [-0.4, -0.2) is 37.2 Å². The summed E-state index contributed by atoms with van der Waals surface area (Å²) in [6.45, 7) is 4.67. The van der Waals surface area contributed by atoms with Gasteiger partial charge in [-0.1, -0.05) is 54.2 Å². The monoisotopic (exact) mass is 492 g/mol. The molecular weight excluding hydrogens is 468 g/mol. The van der Waals surface area contributed by atoms with Gasteiger partial charge in [0.05, 0.1) is 18.0 Å². The van der Waals surface area contributed by atoms with Crippen molar-refractivity contribution in [3.05, 3.63) is 71.4 Å². The molecule has 34 heavy (non-hydrogen) atoms. The maximum atomic E-state index is 12.4. The van der Waals surface area contributed by atoms with Crippen molar-refractivity contribution in [1.82, 2.24) is 19.7 Å². The molecule has 0 saturated carbocycles. The zero-order chi connectivity index (χ0) is 23.9. The fourth-order valence-corrected chi connectivity index (χ4v) is 4.81. The van der Waals surface area contributed by atoms with E-state index in [2.05, 4.69) is 25.8 Å². The molecule has 0 fully saturated rings. The van der Waals surface area contributed by atoms with Crippen molar-refractivity contribution in [2.24, 2.45) is 0 Å². The predicted octanol–water partition coefficient (Wildman–Crippen LogP) is 4.97. The van der Waals surface area contributed by atoms with Gasteiger partial charge in [-0.05, 0) is 26.0 Å². The van der Waals surface area contributed by atoms with Crippen LogP contribution in [-0.2, 0) is 17.9 Å². The normalized spacial score (nSPS) is 10.8. The summed E-state index contributed by atoms with van der Waals surface area (Å²) in [5.74, 6) is 0.739. The smallest absolute Gasteiger partial charge is 0.234 e. The second-order valence-corrected chi connectivity index (χ2v) is 9.17. The number of aromatic nitrogens is 4. The third-order valence-electron chi connectivity index (χ3n) is 4.97. The van der Waals surface area contributed by atoms with E-state index in [1.54, 1.807) is 35.6 Å². The lowest BCUT2D eigenvalue weighted by atomic mass is 10.1. The summed E-state index contributed by atoms with van der Waals surface area (Å²) in [6, 6.07) is 16.9. The van der Waals surface area contributed by atoms with E-state index in [9.17, 15) is 9.59 Å². The van der Waals surface area contributed by atoms with Crippen LogP contribution >= 0.6 is 23.1 Å². The van der Waals surface area contributed by atoms with E-state index in [4.69, 9.17) is 0 Å². The number of Topliss-reactive ketones (excluding diaryl/α,β-unsaturated/α-hetero) is 1. The lowest BCUT2D eigenvalue weighted by Gasteiger charge is -2.08. The summed E-state index contributed by atoms with van der Waals surface area (Å²) < 4.78 is 1.98. The van der Waals surface area contributed by atoms with Crippen molar-refractivity contribution in [1.29, 1.82) is 0 Å². The Labute approximate surface area is 205 Å². The topological polar surface area (TPSA) is 102 Å². The number of hydrogen-bond acceptors (Lipinski definition) is 8. The Balaban J connectivity index is 1.33. The Kier molecular flexibility index (Phi) is 7.71. The number of anilines is 2. The van der Waals surface area contributed by atoms with Gasteiger partial charge in [-0.15, -0.1) is 21.5 Å². The van der Waals surface area contributed by atoms with Crippen LogP contribution in [0.1, 0.15) is 30.0 Å². The zero-order valence-electron chi connectivity index (χ0n) is 18.8. The molecule has 4 rings (SSSR count). The average molecular weight is 493 g/mol. The highest BCUT2D eigenvalue weighted by Crippen LogP contribution is 2.25. The molecule has 0 atom stereocenters. The van der Waals surface area contributed by atoms with Gasteiger partial charge in [-0.25, -0.2) is 4.98 Å². The summed E-state index contributed by atoms with van der Waals surface area (Å²) in [7, 11) is 0. The molecule has 2 aromatic carbocycles. The minimum absolute atomic E-state index is 0.0447.